The number of fused-ring (bicyclic) bond motifs is 5. The highest BCUT2D eigenvalue weighted by atomic mass is 14.6. The Balaban J connectivity index is 0.000000617. The van der Waals surface area contributed by atoms with Crippen molar-refractivity contribution in [1.82, 2.24) is 0 Å². The lowest BCUT2D eigenvalue weighted by Crippen LogP contribution is -2.48. The Morgan fingerprint density at radius 1 is 1.04 bits per heavy atom. The van der Waals surface area contributed by atoms with Gasteiger partial charge in [-0.05, 0) is 74.5 Å². The smallest absolute Gasteiger partial charge is 0.0119 e. The molecule has 132 valence electrons. The summed E-state index contributed by atoms with van der Waals surface area (Å²) < 4.78 is 0. The fraction of sp³-hybridized carbons (Fsp3) is 0.826. The molecule has 0 aromatic carbocycles. The van der Waals surface area contributed by atoms with Gasteiger partial charge in [-0.15, -0.1) is 6.58 Å². The number of hydrogen-bond acceptors (Lipinski definition) is 0. The van der Waals surface area contributed by atoms with Gasteiger partial charge in [0.1, 0.15) is 0 Å². The maximum Gasteiger partial charge on any atom is 0.0119 e. The van der Waals surface area contributed by atoms with Gasteiger partial charge in [0.05, 0.1) is 0 Å². The van der Waals surface area contributed by atoms with E-state index in [0.29, 0.717) is 10.8 Å². The van der Waals surface area contributed by atoms with Gasteiger partial charge in [0.2, 0.25) is 0 Å². The summed E-state index contributed by atoms with van der Waals surface area (Å²) in [6, 6.07) is 0. The summed E-state index contributed by atoms with van der Waals surface area (Å²) in [4.78, 5) is 0. The first-order chi connectivity index (χ1) is 10.7. The van der Waals surface area contributed by atoms with Gasteiger partial charge in [-0.1, -0.05) is 58.8 Å². The lowest BCUT2D eigenvalue weighted by atomic mass is 9.48. The zero-order valence-electron chi connectivity index (χ0n) is 15.2. The Labute approximate surface area is 145 Å². The molecule has 4 aliphatic carbocycles. The molecule has 4 aliphatic rings. The molecule has 4 rings (SSSR count). The molecule has 0 N–H and O–H groups in total. The normalized spacial score (nSPS) is 44.3. The van der Waals surface area contributed by atoms with Gasteiger partial charge in [-0.25, -0.2) is 0 Å². The molecule has 0 spiro atoms. The van der Waals surface area contributed by atoms with E-state index in [1.165, 1.54) is 64.2 Å². The molecular weight excluding hydrogens is 276 g/mol. The Hall–Kier alpha value is -0.520. The lowest BCUT2D eigenvalue weighted by molar-refractivity contribution is -0.0138. The van der Waals surface area contributed by atoms with E-state index in [4.69, 9.17) is 0 Å². The maximum absolute atomic E-state index is 4.31. The van der Waals surface area contributed by atoms with Crippen LogP contribution < -0.4 is 0 Å². The van der Waals surface area contributed by atoms with Crippen LogP contribution in [-0.4, -0.2) is 0 Å². The highest BCUT2D eigenvalue weighted by molar-refractivity contribution is 5.30. The molecule has 0 aromatic rings. The molecule has 0 bridgehead atoms. The van der Waals surface area contributed by atoms with Crippen molar-refractivity contribution in [2.24, 2.45) is 28.6 Å². The molecule has 0 heterocycles. The largest absolute Gasteiger partial charge is 0.102 e. The summed E-state index contributed by atoms with van der Waals surface area (Å²) in [5, 5.41) is 0. The molecule has 0 aromatic heterocycles. The fourth-order valence-corrected chi connectivity index (χ4v) is 6.75. The molecule has 3 saturated carbocycles. The zero-order valence-corrected chi connectivity index (χ0v) is 15.2. The highest BCUT2D eigenvalue weighted by Crippen LogP contribution is 2.65. The van der Waals surface area contributed by atoms with E-state index >= 15 is 0 Å². The van der Waals surface area contributed by atoms with E-state index < -0.39 is 0 Å². The zero-order chi connectivity index (χ0) is 15.8. The van der Waals surface area contributed by atoms with E-state index in [0.717, 1.165) is 17.8 Å². The van der Waals surface area contributed by atoms with Crippen molar-refractivity contribution in [2.75, 3.05) is 0 Å². The van der Waals surface area contributed by atoms with Gasteiger partial charge in [0.25, 0.3) is 0 Å². The van der Waals surface area contributed by atoms with Crippen LogP contribution in [0.5, 0.6) is 0 Å². The van der Waals surface area contributed by atoms with Crippen molar-refractivity contribution in [2.45, 2.75) is 92.4 Å². The monoisotopic (exact) mass is 316 g/mol. The predicted octanol–water partition coefficient (Wildman–Crippen LogP) is 7.56. The minimum atomic E-state index is 0. The molecule has 0 amide bonds. The van der Waals surface area contributed by atoms with E-state index in [-0.39, 0.29) is 7.43 Å². The predicted molar refractivity (Wildman–Crippen MR) is 104 cm³/mol. The van der Waals surface area contributed by atoms with Gasteiger partial charge < -0.3 is 0 Å². The molecule has 23 heavy (non-hydrogen) atoms. The Kier molecular flexibility index (Phi) is 5.85. The first-order valence-corrected chi connectivity index (χ1v) is 10.0. The average Bonchev–Trinajstić information content (AvgIpc) is 2.98. The van der Waals surface area contributed by atoms with E-state index in [2.05, 4.69) is 25.7 Å². The van der Waals surface area contributed by atoms with Crippen molar-refractivity contribution < 1.29 is 0 Å². The SMILES string of the molecule is C.C=CC12CCCCC1=CCC1C3CCCC3(C)CCC12.CC. The van der Waals surface area contributed by atoms with Crippen LogP contribution >= 0.6 is 0 Å². The Morgan fingerprint density at radius 2 is 1.83 bits per heavy atom. The summed E-state index contributed by atoms with van der Waals surface area (Å²) in [6.45, 7) is 10.9. The molecular formula is C23H40. The van der Waals surface area contributed by atoms with Crippen LogP contribution in [-0.2, 0) is 0 Å². The quantitative estimate of drug-likeness (QED) is 0.438. The standard InChI is InChI=1S/C20H30.C2H6.CH4/c1-3-20-13-5-4-7-15(20)9-10-16-17-8-6-12-19(17,2)14-11-18(16)20;1-2;/h3,9,16-18H,1,4-8,10-14H2,2H3;1-2H3;1H4. The molecule has 0 nitrogen and oxygen atoms in total. The Morgan fingerprint density at radius 3 is 2.57 bits per heavy atom. The number of hydrogen-bond donors (Lipinski definition) is 0. The summed E-state index contributed by atoms with van der Waals surface area (Å²) in [7, 11) is 0. The van der Waals surface area contributed by atoms with Gasteiger partial charge in [-0.2, -0.15) is 0 Å². The maximum atomic E-state index is 4.31. The minimum Gasteiger partial charge on any atom is -0.102 e. The molecule has 5 unspecified atom stereocenters. The molecule has 0 saturated heterocycles. The van der Waals surface area contributed by atoms with Crippen LogP contribution in [0, 0.1) is 28.6 Å². The second kappa shape index (κ2) is 7.16. The summed E-state index contributed by atoms with van der Waals surface area (Å²) in [5.74, 6) is 2.91. The Bertz CT molecular complexity index is 445. The van der Waals surface area contributed by atoms with Crippen LogP contribution in [0.25, 0.3) is 0 Å². The average molecular weight is 317 g/mol. The van der Waals surface area contributed by atoms with Gasteiger partial charge >= 0.3 is 0 Å². The van der Waals surface area contributed by atoms with Crippen LogP contribution in [0.1, 0.15) is 92.4 Å². The van der Waals surface area contributed by atoms with Crippen LogP contribution in [0.15, 0.2) is 24.3 Å². The molecule has 0 aliphatic heterocycles. The summed E-state index contributed by atoms with van der Waals surface area (Å²) in [5.41, 5.74) is 2.87. The van der Waals surface area contributed by atoms with Crippen LogP contribution in [0.2, 0.25) is 0 Å². The topological polar surface area (TPSA) is 0 Å². The molecule has 3 fully saturated rings. The molecule has 0 heteroatoms. The third-order valence-electron chi connectivity index (χ3n) is 7.77. The third kappa shape index (κ3) is 2.75. The van der Waals surface area contributed by atoms with Crippen molar-refractivity contribution in [3.8, 4) is 0 Å². The summed E-state index contributed by atoms with van der Waals surface area (Å²) in [6.07, 6.45) is 19.5. The first kappa shape index (κ1) is 18.8. The second-order valence-electron chi connectivity index (χ2n) is 8.38. The second-order valence-corrected chi connectivity index (χ2v) is 8.38. The first-order valence-electron chi connectivity index (χ1n) is 10.0. The van der Waals surface area contributed by atoms with E-state index in [1.807, 2.05) is 13.8 Å². The van der Waals surface area contributed by atoms with E-state index in [1.54, 1.807) is 5.57 Å². The van der Waals surface area contributed by atoms with Gasteiger partial charge in [-0.3, -0.25) is 0 Å². The molecule has 0 radical (unpaired) electrons. The van der Waals surface area contributed by atoms with Crippen molar-refractivity contribution >= 4 is 0 Å². The van der Waals surface area contributed by atoms with Gasteiger partial charge in [0, 0.05) is 5.41 Å². The lowest BCUT2D eigenvalue weighted by Gasteiger charge is -2.57. The van der Waals surface area contributed by atoms with Crippen LogP contribution in [0.4, 0.5) is 0 Å². The minimum absolute atomic E-state index is 0. The number of allylic oxidation sites excluding steroid dienone is 3. The number of rotatable bonds is 1. The van der Waals surface area contributed by atoms with Crippen molar-refractivity contribution in [1.29, 1.82) is 0 Å². The van der Waals surface area contributed by atoms with Crippen LogP contribution in [0.3, 0.4) is 0 Å². The van der Waals surface area contributed by atoms with Crippen molar-refractivity contribution in [3.63, 3.8) is 0 Å². The van der Waals surface area contributed by atoms with E-state index in [9.17, 15) is 0 Å². The fourth-order valence-electron chi connectivity index (χ4n) is 6.75. The van der Waals surface area contributed by atoms with Crippen molar-refractivity contribution in [3.05, 3.63) is 24.3 Å². The van der Waals surface area contributed by atoms with Gasteiger partial charge in [0.15, 0.2) is 0 Å². The highest BCUT2D eigenvalue weighted by Gasteiger charge is 2.55. The third-order valence-corrected chi connectivity index (χ3v) is 7.77. The molecule has 5 atom stereocenters. The summed E-state index contributed by atoms with van der Waals surface area (Å²) >= 11 is 0.